The number of ether oxygens (including phenoxy) is 1. The predicted molar refractivity (Wildman–Crippen MR) is 79.7 cm³/mol. The fourth-order valence-electron chi connectivity index (χ4n) is 2.82. The average molecular weight is 288 g/mol. The Morgan fingerprint density at radius 1 is 1.52 bits per heavy atom. The smallest absolute Gasteiger partial charge is 0.303 e. The summed E-state index contributed by atoms with van der Waals surface area (Å²) in [5.41, 5.74) is 2.05. The summed E-state index contributed by atoms with van der Waals surface area (Å²) in [4.78, 5) is 15.6. The highest BCUT2D eigenvalue weighted by molar-refractivity contribution is 5.78. The van der Waals surface area contributed by atoms with Gasteiger partial charge in [-0.1, -0.05) is 6.92 Å². The van der Waals surface area contributed by atoms with Crippen LogP contribution in [0.15, 0.2) is 18.2 Å². The Kier molecular flexibility index (Phi) is 3.57. The minimum atomic E-state index is -0.752. The molecule has 0 saturated heterocycles. The van der Waals surface area contributed by atoms with Crippen LogP contribution in [0.2, 0.25) is 0 Å². The normalized spacial score (nSPS) is 16.1. The predicted octanol–water partition coefficient (Wildman–Crippen LogP) is 3.03. The van der Waals surface area contributed by atoms with Crippen LogP contribution in [-0.4, -0.2) is 27.7 Å². The standard InChI is InChI=1S/C16H20N2O3/c1-10(8-16(19)20)7-15-17-13-9-12(21-2)5-6-14(13)18(15)11-3-4-11/h5-6,9-11H,3-4,7-8H2,1-2H3,(H,19,20). The van der Waals surface area contributed by atoms with E-state index in [0.717, 1.165) is 22.6 Å². The second-order valence-electron chi connectivity index (χ2n) is 5.89. The van der Waals surface area contributed by atoms with Gasteiger partial charge in [-0.25, -0.2) is 4.98 Å². The van der Waals surface area contributed by atoms with Crippen molar-refractivity contribution in [1.82, 2.24) is 9.55 Å². The molecule has 5 nitrogen and oxygen atoms in total. The second kappa shape index (κ2) is 5.39. The van der Waals surface area contributed by atoms with Gasteiger partial charge >= 0.3 is 5.97 Å². The van der Waals surface area contributed by atoms with Gasteiger partial charge in [-0.3, -0.25) is 4.79 Å². The maximum atomic E-state index is 10.8. The van der Waals surface area contributed by atoms with Crippen LogP contribution in [0.4, 0.5) is 0 Å². The van der Waals surface area contributed by atoms with Gasteiger partial charge in [-0.05, 0) is 30.9 Å². The zero-order valence-electron chi connectivity index (χ0n) is 12.4. The van der Waals surface area contributed by atoms with Gasteiger partial charge < -0.3 is 14.4 Å². The Hall–Kier alpha value is -2.04. The van der Waals surface area contributed by atoms with Crippen molar-refractivity contribution in [3.63, 3.8) is 0 Å². The van der Waals surface area contributed by atoms with Crippen LogP contribution in [0.5, 0.6) is 5.75 Å². The molecule has 112 valence electrons. The van der Waals surface area contributed by atoms with E-state index in [-0.39, 0.29) is 12.3 Å². The Morgan fingerprint density at radius 3 is 2.90 bits per heavy atom. The monoisotopic (exact) mass is 288 g/mol. The molecular weight excluding hydrogens is 268 g/mol. The molecule has 0 spiro atoms. The first kappa shape index (κ1) is 13.9. The fourth-order valence-corrected chi connectivity index (χ4v) is 2.82. The number of imidazole rings is 1. The molecule has 1 saturated carbocycles. The number of hydrogen-bond acceptors (Lipinski definition) is 3. The third-order valence-corrected chi connectivity index (χ3v) is 3.94. The van der Waals surface area contributed by atoms with Crippen LogP contribution in [-0.2, 0) is 11.2 Å². The van der Waals surface area contributed by atoms with Gasteiger partial charge in [-0.15, -0.1) is 0 Å². The Bertz CT molecular complexity index is 673. The van der Waals surface area contributed by atoms with Crippen LogP contribution in [0.25, 0.3) is 11.0 Å². The molecule has 1 aliphatic rings. The van der Waals surface area contributed by atoms with Gasteiger partial charge in [0.15, 0.2) is 0 Å². The van der Waals surface area contributed by atoms with Crippen molar-refractivity contribution in [3.8, 4) is 5.75 Å². The van der Waals surface area contributed by atoms with E-state index < -0.39 is 5.97 Å². The minimum absolute atomic E-state index is 0.0821. The van der Waals surface area contributed by atoms with E-state index in [2.05, 4.69) is 4.57 Å². The number of hydrogen-bond donors (Lipinski definition) is 1. The molecule has 1 aromatic carbocycles. The van der Waals surface area contributed by atoms with E-state index in [9.17, 15) is 4.79 Å². The Morgan fingerprint density at radius 2 is 2.29 bits per heavy atom. The molecule has 5 heteroatoms. The number of carboxylic acid groups (broad SMARTS) is 1. The largest absolute Gasteiger partial charge is 0.497 e. The van der Waals surface area contributed by atoms with Gasteiger partial charge in [-0.2, -0.15) is 0 Å². The van der Waals surface area contributed by atoms with Crippen LogP contribution in [0.1, 0.15) is 38.1 Å². The molecule has 1 N–H and O–H groups in total. The molecule has 1 unspecified atom stereocenters. The lowest BCUT2D eigenvalue weighted by molar-refractivity contribution is -0.137. The first-order valence-corrected chi connectivity index (χ1v) is 7.35. The molecule has 0 bridgehead atoms. The number of carboxylic acids is 1. The number of rotatable bonds is 6. The molecule has 1 aromatic heterocycles. The van der Waals surface area contributed by atoms with Gasteiger partial charge in [0.1, 0.15) is 11.6 Å². The molecule has 1 aliphatic carbocycles. The van der Waals surface area contributed by atoms with E-state index >= 15 is 0 Å². The van der Waals surface area contributed by atoms with Crippen LogP contribution in [0, 0.1) is 5.92 Å². The van der Waals surface area contributed by atoms with Gasteiger partial charge in [0.25, 0.3) is 0 Å². The van der Waals surface area contributed by atoms with Crippen molar-refractivity contribution in [2.45, 2.75) is 38.6 Å². The summed E-state index contributed by atoms with van der Waals surface area (Å²) in [6.45, 7) is 1.96. The summed E-state index contributed by atoms with van der Waals surface area (Å²) >= 11 is 0. The summed E-state index contributed by atoms with van der Waals surface area (Å²) in [6, 6.07) is 6.47. The first-order valence-electron chi connectivity index (χ1n) is 7.35. The van der Waals surface area contributed by atoms with E-state index in [1.54, 1.807) is 7.11 Å². The molecule has 0 aliphatic heterocycles. The lowest BCUT2D eigenvalue weighted by Crippen LogP contribution is -2.11. The Balaban J connectivity index is 1.96. The van der Waals surface area contributed by atoms with Crippen LogP contribution in [0.3, 0.4) is 0 Å². The van der Waals surface area contributed by atoms with Crippen molar-refractivity contribution in [1.29, 1.82) is 0 Å². The number of aliphatic carboxylic acids is 1. The van der Waals surface area contributed by atoms with E-state index in [1.165, 1.54) is 12.8 Å². The molecule has 1 atom stereocenters. The van der Waals surface area contributed by atoms with Crippen molar-refractivity contribution >= 4 is 17.0 Å². The first-order chi connectivity index (χ1) is 10.1. The third kappa shape index (κ3) is 2.86. The zero-order valence-corrected chi connectivity index (χ0v) is 12.4. The molecular formula is C16H20N2O3. The summed E-state index contributed by atoms with van der Waals surface area (Å²) in [5, 5.41) is 8.92. The van der Waals surface area contributed by atoms with E-state index in [4.69, 9.17) is 14.8 Å². The number of benzene rings is 1. The quantitative estimate of drug-likeness (QED) is 0.887. The lowest BCUT2D eigenvalue weighted by atomic mass is 10.0. The molecule has 2 aromatic rings. The number of aromatic nitrogens is 2. The zero-order chi connectivity index (χ0) is 15.0. The van der Waals surface area contributed by atoms with Crippen molar-refractivity contribution in [2.24, 2.45) is 5.92 Å². The molecule has 1 heterocycles. The van der Waals surface area contributed by atoms with Crippen molar-refractivity contribution in [3.05, 3.63) is 24.0 Å². The van der Waals surface area contributed by atoms with Gasteiger partial charge in [0, 0.05) is 24.9 Å². The van der Waals surface area contributed by atoms with Crippen molar-refractivity contribution in [2.75, 3.05) is 7.11 Å². The molecule has 1 fully saturated rings. The second-order valence-corrected chi connectivity index (χ2v) is 5.89. The summed E-state index contributed by atoms with van der Waals surface area (Å²) < 4.78 is 7.54. The molecule has 0 radical (unpaired) electrons. The van der Waals surface area contributed by atoms with E-state index in [1.807, 2.05) is 25.1 Å². The lowest BCUT2D eigenvalue weighted by Gasteiger charge is -2.11. The van der Waals surface area contributed by atoms with Gasteiger partial charge in [0.2, 0.25) is 0 Å². The highest BCUT2D eigenvalue weighted by Crippen LogP contribution is 2.39. The third-order valence-electron chi connectivity index (χ3n) is 3.94. The average Bonchev–Trinajstić information content (AvgIpc) is 3.19. The minimum Gasteiger partial charge on any atom is -0.497 e. The van der Waals surface area contributed by atoms with Crippen molar-refractivity contribution < 1.29 is 14.6 Å². The van der Waals surface area contributed by atoms with Gasteiger partial charge in [0.05, 0.1) is 18.1 Å². The topological polar surface area (TPSA) is 64.3 Å². The number of nitrogens with zero attached hydrogens (tertiary/aromatic N) is 2. The van der Waals surface area contributed by atoms with Crippen LogP contribution < -0.4 is 4.74 Å². The highest BCUT2D eigenvalue weighted by atomic mass is 16.5. The maximum absolute atomic E-state index is 10.8. The number of carbonyl (C=O) groups is 1. The molecule has 3 rings (SSSR count). The molecule has 21 heavy (non-hydrogen) atoms. The highest BCUT2D eigenvalue weighted by Gasteiger charge is 2.28. The fraction of sp³-hybridized carbons (Fsp3) is 0.500. The Labute approximate surface area is 123 Å². The molecule has 0 amide bonds. The maximum Gasteiger partial charge on any atom is 0.303 e. The SMILES string of the molecule is COc1ccc2c(c1)nc(CC(C)CC(=O)O)n2C1CC1. The summed E-state index contributed by atoms with van der Waals surface area (Å²) in [7, 11) is 1.65. The summed E-state index contributed by atoms with van der Waals surface area (Å²) in [6.07, 6.45) is 3.23. The number of methoxy groups -OCH3 is 1. The van der Waals surface area contributed by atoms with E-state index in [0.29, 0.717) is 12.5 Å². The summed E-state index contributed by atoms with van der Waals surface area (Å²) in [5.74, 6) is 1.12. The van der Waals surface area contributed by atoms with Crippen LogP contribution >= 0.6 is 0 Å². The number of fused-ring (bicyclic) bond motifs is 1.